The Morgan fingerprint density at radius 1 is 1.23 bits per heavy atom. The van der Waals surface area contributed by atoms with Gasteiger partial charge in [0.1, 0.15) is 0 Å². The molecule has 1 saturated carbocycles. The average molecular weight is 297 g/mol. The molecule has 0 spiro atoms. The number of allylic oxidation sites excluding steroid dienone is 7. The van der Waals surface area contributed by atoms with Crippen molar-refractivity contribution in [3.05, 3.63) is 46.2 Å². The third kappa shape index (κ3) is 4.15. The van der Waals surface area contributed by atoms with E-state index in [0.717, 1.165) is 18.9 Å². The minimum atomic E-state index is 1.01. The van der Waals surface area contributed by atoms with E-state index in [1.54, 1.807) is 16.7 Å². The van der Waals surface area contributed by atoms with Crippen LogP contribution in [0.5, 0.6) is 0 Å². The molecule has 0 atom stereocenters. The molecule has 0 aromatic carbocycles. The van der Waals surface area contributed by atoms with E-state index in [0.29, 0.717) is 0 Å². The van der Waals surface area contributed by atoms with Crippen LogP contribution in [0.4, 0.5) is 0 Å². The van der Waals surface area contributed by atoms with Gasteiger partial charge < -0.3 is 5.32 Å². The smallest absolute Gasteiger partial charge is 0.0361 e. The summed E-state index contributed by atoms with van der Waals surface area (Å²) in [5, 5.41) is 3.61. The fraction of sp³-hybridized carbons (Fsp3) is 0.619. The maximum atomic E-state index is 3.61. The summed E-state index contributed by atoms with van der Waals surface area (Å²) in [7, 11) is 0. The van der Waals surface area contributed by atoms with Gasteiger partial charge in [-0.3, -0.25) is 0 Å². The molecular formula is C21H31N. The lowest BCUT2D eigenvalue weighted by atomic mass is 9.91. The van der Waals surface area contributed by atoms with Crippen molar-refractivity contribution >= 4 is 0 Å². The molecule has 3 rings (SSSR count). The summed E-state index contributed by atoms with van der Waals surface area (Å²) >= 11 is 0. The van der Waals surface area contributed by atoms with Crippen LogP contribution < -0.4 is 5.32 Å². The first kappa shape index (κ1) is 15.6. The largest absolute Gasteiger partial charge is 0.385 e. The molecule has 0 amide bonds. The van der Waals surface area contributed by atoms with Crippen molar-refractivity contribution < 1.29 is 0 Å². The Morgan fingerprint density at radius 3 is 2.86 bits per heavy atom. The molecule has 1 heterocycles. The van der Waals surface area contributed by atoms with E-state index in [4.69, 9.17) is 0 Å². The molecule has 0 unspecified atom stereocenters. The predicted molar refractivity (Wildman–Crippen MR) is 95.7 cm³/mol. The van der Waals surface area contributed by atoms with Crippen LogP contribution in [-0.4, -0.2) is 6.54 Å². The van der Waals surface area contributed by atoms with E-state index in [1.165, 1.54) is 62.6 Å². The zero-order chi connectivity index (χ0) is 15.4. The first-order valence-electron chi connectivity index (χ1n) is 9.26. The molecule has 0 radical (unpaired) electrons. The molecule has 0 aromatic heterocycles. The third-order valence-corrected chi connectivity index (χ3v) is 5.37. The summed E-state index contributed by atoms with van der Waals surface area (Å²) in [6, 6.07) is 0. The van der Waals surface area contributed by atoms with Gasteiger partial charge in [0.15, 0.2) is 0 Å². The summed E-state index contributed by atoms with van der Waals surface area (Å²) < 4.78 is 0. The lowest BCUT2D eigenvalue weighted by Gasteiger charge is -2.24. The molecule has 2 fully saturated rings. The minimum absolute atomic E-state index is 1.01. The van der Waals surface area contributed by atoms with Crippen molar-refractivity contribution in [2.24, 2.45) is 5.92 Å². The molecule has 120 valence electrons. The number of hydrogen-bond acceptors (Lipinski definition) is 1. The fourth-order valence-electron chi connectivity index (χ4n) is 3.61. The summed E-state index contributed by atoms with van der Waals surface area (Å²) in [6.07, 6.45) is 19.0. The van der Waals surface area contributed by atoms with Crippen molar-refractivity contribution in [2.45, 2.75) is 71.6 Å². The van der Waals surface area contributed by atoms with E-state index in [2.05, 4.69) is 37.4 Å². The summed E-state index contributed by atoms with van der Waals surface area (Å²) in [5.41, 5.74) is 7.82. The van der Waals surface area contributed by atoms with Crippen LogP contribution in [0.3, 0.4) is 0 Å². The second-order valence-electron chi connectivity index (χ2n) is 7.27. The molecule has 2 aliphatic carbocycles. The van der Waals surface area contributed by atoms with E-state index in [9.17, 15) is 0 Å². The van der Waals surface area contributed by atoms with Gasteiger partial charge in [-0.05, 0) is 81.8 Å². The van der Waals surface area contributed by atoms with E-state index < -0.39 is 0 Å². The quantitative estimate of drug-likeness (QED) is 0.631. The molecule has 1 N–H and O–H groups in total. The Morgan fingerprint density at radius 2 is 2.09 bits per heavy atom. The summed E-state index contributed by atoms with van der Waals surface area (Å²) in [6.45, 7) is 5.77. The lowest BCUT2D eigenvalue weighted by Crippen LogP contribution is -2.23. The van der Waals surface area contributed by atoms with E-state index >= 15 is 0 Å². The highest BCUT2D eigenvalue weighted by Gasteiger charge is 2.21. The Hall–Kier alpha value is -1.24. The highest BCUT2D eigenvalue weighted by Crippen LogP contribution is 2.36. The minimum Gasteiger partial charge on any atom is -0.385 e. The van der Waals surface area contributed by atoms with Gasteiger partial charge in [0.05, 0.1) is 0 Å². The maximum absolute atomic E-state index is 3.61. The second-order valence-corrected chi connectivity index (χ2v) is 7.27. The lowest BCUT2D eigenvalue weighted by molar-refractivity contribution is 0.654. The molecule has 0 bridgehead atoms. The number of hydrogen-bond donors (Lipinski definition) is 1. The SMILES string of the molecule is CC/C(=C\CC1=CC=C2CCCNC2=C(C)CC1)CC1CC1. The van der Waals surface area contributed by atoms with Crippen molar-refractivity contribution in [1.82, 2.24) is 5.32 Å². The Bertz CT molecular complexity index is 526. The third-order valence-electron chi connectivity index (χ3n) is 5.37. The molecule has 1 nitrogen and oxygen atoms in total. The van der Waals surface area contributed by atoms with E-state index in [-0.39, 0.29) is 0 Å². The van der Waals surface area contributed by atoms with Crippen LogP contribution >= 0.6 is 0 Å². The molecule has 0 aromatic rings. The van der Waals surface area contributed by atoms with Gasteiger partial charge >= 0.3 is 0 Å². The number of rotatable bonds is 5. The standard InChI is InChI=1S/C21H31N/c1-3-17(15-19-10-11-19)8-9-18-7-6-16(2)21-20(13-12-18)5-4-14-22-21/h8,12-13,19,22H,3-7,9-11,14-15H2,1-2H3/b17-8+,18-12?,20-13?,21-16?. The summed E-state index contributed by atoms with van der Waals surface area (Å²) in [5.74, 6) is 1.01. The topological polar surface area (TPSA) is 12.0 Å². The van der Waals surface area contributed by atoms with Gasteiger partial charge in [0.25, 0.3) is 0 Å². The first-order chi connectivity index (χ1) is 10.8. The van der Waals surface area contributed by atoms with Crippen molar-refractivity contribution in [2.75, 3.05) is 6.54 Å². The van der Waals surface area contributed by atoms with Crippen LogP contribution in [0.2, 0.25) is 0 Å². The Labute approximate surface area is 136 Å². The maximum Gasteiger partial charge on any atom is 0.0361 e. The zero-order valence-electron chi connectivity index (χ0n) is 14.4. The van der Waals surface area contributed by atoms with Gasteiger partial charge in [-0.25, -0.2) is 0 Å². The molecule has 3 aliphatic rings. The first-order valence-corrected chi connectivity index (χ1v) is 9.26. The Balaban J connectivity index is 1.68. The van der Waals surface area contributed by atoms with E-state index in [1.807, 2.05) is 0 Å². The average Bonchev–Trinajstić information content (AvgIpc) is 3.35. The number of nitrogens with one attached hydrogen (secondary N) is 1. The van der Waals surface area contributed by atoms with Crippen molar-refractivity contribution in [3.8, 4) is 0 Å². The Kier molecular flexibility index (Phi) is 5.23. The number of piperidine rings is 1. The fourth-order valence-corrected chi connectivity index (χ4v) is 3.61. The van der Waals surface area contributed by atoms with Crippen LogP contribution in [0.25, 0.3) is 0 Å². The zero-order valence-corrected chi connectivity index (χ0v) is 14.4. The highest BCUT2D eigenvalue weighted by molar-refractivity contribution is 5.40. The predicted octanol–water partition coefficient (Wildman–Crippen LogP) is 5.82. The monoisotopic (exact) mass is 297 g/mol. The van der Waals surface area contributed by atoms with Gasteiger partial charge in [-0.1, -0.05) is 36.3 Å². The second kappa shape index (κ2) is 7.35. The van der Waals surface area contributed by atoms with Crippen molar-refractivity contribution in [1.29, 1.82) is 0 Å². The normalized spacial score (nSPS) is 23.1. The molecule has 22 heavy (non-hydrogen) atoms. The molecule has 1 aliphatic heterocycles. The molecule has 1 saturated heterocycles. The van der Waals surface area contributed by atoms with Crippen LogP contribution in [0.1, 0.15) is 71.6 Å². The highest BCUT2D eigenvalue weighted by atomic mass is 14.9. The van der Waals surface area contributed by atoms with Crippen molar-refractivity contribution in [3.63, 3.8) is 0 Å². The molecule has 1 heteroatoms. The van der Waals surface area contributed by atoms with Crippen LogP contribution in [0, 0.1) is 5.92 Å². The van der Waals surface area contributed by atoms with Gasteiger partial charge in [0, 0.05) is 12.2 Å². The van der Waals surface area contributed by atoms with Gasteiger partial charge in [0.2, 0.25) is 0 Å². The van der Waals surface area contributed by atoms with Crippen LogP contribution in [0.15, 0.2) is 46.2 Å². The number of fused-ring (bicyclic) bond motifs is 1. The summed E-state index contributed by atoms with van der Waals surface area (Å²) in [4.78, 5) is 0. The molecular weight excluding hydrogens is 266 g/mol. The van der Waals surface area contributed by atoms with Gasteiger partial charge in [-0.2, -0.15) is 0 Å². The van der Waals surface area contributed by atoms with Crippen LogP contribution in [-0.2, 0) is 0 Å². The van der Waals surface area contributed by atoms with Gasteiger partial charge in [-0.15, -0.1) is 0 Å².